The fourth-order valence-electron chi connectivity index (χ4n) is 3.39. The number of ether oxygens (including phenoxy) is 3. The molecule has 0 atom stereocenters. The van der Waals surface area contributed by atoms with Gasteiger partial charge in [-0.25, -0.2) is 13.2 Å². The zero-order chi connectivity index (χ0) is 27.2. The molecule has 196 valence electrons. The highest BCUT2D eigenvalue weighted by Gasteiger charge is 2.28. The van der Waals surface area contributed by atoms with Crippen LogP contribution >= 0.6 is 27.5 Å². The predicted molar refractivity (Wildman–Crippen MR) is 143 cm³/mol. The van der Waals surface area contributed by atoms with E-state index in [1.54, 1.807) is 24.3 Å². The van der Waals surface area contributed by atoms with Crippen LogP contribution in [0.3, 0.4) is 0 Å². The zero-order valence-corrected chi connectivity index (χ0v) is 23.3. The third-order valence-corrected chi connectivity index (χ3v) is 7.83. The van der Waals surface area contributed by atoms with Crippen LogP contribution in [-0.2, 0) is 26.1 Å². The van der Waals surface area contributed by atoms with E-state index in [1.807, 2.05) is 0 Å². The molecule has 0 aliphatic carbocycles. The number of halogens is 2. The lowest BCUT2D eigenvalue weighted by atomic mass is 10.1. The molecule has 0 bridgehead atoms. The van der Waals surface area contributed by atoms with Gasteiger partial charge in [0.25, 0.3) is 0 Å². The molecule has 12 heteroatoms. The third-order valence-electron chi connectivity index (χ3n) is 5.25. The van der Waals surface area contributed by atoms with Crippen molar-refractivity contribution in [1.29, 1.82) is 0 Å². The van der Waals surface area contributed by atoms with Crippen LogP contribution in [-0.4, -0.2) is 52.5 Å². The molecule has 0 saturated heterocycles. The van der Waals surface area contributed by atoms with Gasteiger partial charge >= 0.3 is 5.97 Å². The number of carbonyl (C=O) groups is 2. The van der Waals surface area contributed by atoms with E-state index in [4.69, 9.17) is 25.8 Å². The van der Waals surface area contributed by atoms with Crippen molar-refractivity contribution in [2.75, 3.05) is 33.2 Å². The minimum absolute atomic E-state index is 0.00789. The summed E-state index contributed by atoms with van der Waals surface area (Å²) in [6, 6.07) is 15.5. The van der Waals surface area contributed by atoms with E-state index in [2.05, 4.69) is 21.2 Å². The fourth-order valence-corrected chi connectivity index (χ4v) is 5.16. The Morgan fingerprint density at radius 2 is 1.54 bits per heavy atom. The number of sulfonamides is 1. The van der Waals surface area contributed by atoms with Crippen molar-refractivity contribution in [1.82, 2.24) is 4.31 Å². The maximum Gasteiger partial charge on any atom is 0.340 e. The molecule has 0 heterocycles. The molecule has 0 spiro atoms. The number of benzene rings is 3. The van der Waals surface area contributed by atoms with Crippen molar-refractivity contribution >= 4 is 55.1 Å². The smallest absolute Gasteiger partial charge is 0.340 e. The first kappa shape index (κ1) is 28.5. The second-order valence-corrected chi connectivity index (χ2v) is 10.9. The lowest BCUT2D eigenvalue weighted by molar-refractivity contribution is -0.116. The van der Waals surface area contributed by atoms with Crippen LogP contribution in [0, 0.1) is 0 Å². The summed E-state index contributed by atoms with van der Waals surface area (Å²) in [5.74, 6) is -0.905. The molecule has 9 nitrogen and oxygen atoms in total. The fraction of sp³-hybridized carbons (Fsp3) is 0.200. The number of nitrogens with zero attached hydrogens (tertiary/aromatic N) is 1. The number of anilines is 1. The number of hydrogen-bond acceptors (Lipinski definition) is 7. The first-order chi connectivity index (χ1) is 17.6. The zero-order valence-electron chi connectivity index (χ0n) is 20.2. The average Bonchev–Trinajstić information content (AvgIpc) is 2.89. The number of methoxy groups -OCH3 is 3. The minimum Gasteiger partial charge on any atom is -0.493 e. The Morgan fingerprint density at radius 3 is 2.11 bits per heavy atom. The van der Waals surface area contributed by atoms with Gasteiger partial charge in [-0.3, -0.25) is 4.79 Å². The summed E-state index contributed by atoms with van der Waals surface area (Å²) in [4.78, 5) is 25.5. The molecule has 1 amide bonds. The van der Waals surface area contributed by atoms with Crippen LogP contribution in [0.1, 0.15) is 15.9 Å². The number of nitrogens with one attached hydrogen (secondary N) is 1. The number of amides is 1. The van der Waals surface area contributed by atoms with Crippen molar-refractivity contribution < 1.29 is 32.2 Å². The van der Waals surface area contributed by atoms with E-state index in [0.29, 0.717) is 10.6 Å². The maximum atomic E-state index is 13.5. The maximum absolute atomic E-state index is 13.5. The molecule has 0 radical (unpaired) electrons. The summed E-state index contributed by atoms with van der Waals surface area (Å²) in [7, 11) is -0.100. The molecule has 0 aliphatic rings. The van der Waals surface area contributed by atoms with Gasteiger partial charge in [-0.1, -0.05) is 39.7 Å². The number of hydrogen-bond donors (Lipinski definition) is 1. The number of carbonyl (C=O) groups excluding carboxylic acids is 2. The second-order valence-electron chi connectivity index (χ2n) is 7.65. The second kappa shape index (κ2) is 12.4. The van der Waals surface area contributed by atoms with Gasteiger partial charge in [-0.2, -0.15) is 4.31 Å². The molecule has 3 aromatic carbocycles. The van der Waals surface area contributed by atoms with E-state index < -0.39 is 28.4 Å². The van der Waals surface area contributed by atoms with E-state index in [0.717, 1.165) is 8.78 Å². The Kier molecular flexibility index (Phi) is 9.55. The third kappa shape index (κ3) is 7.01. The Balaban J connectivity index is 1.96. The predicted octanol–water partition coefficient (Wildman–Crippen LogP) is 4.74. The normalized spacial score (nSPS) is 11.2. The first-order valence-corrected chi connectivity index (χ1v) is 13.3. The highest BCUT2D eigenvalue weighted by molar-refractivity contribution is 9.10. The molecule has 0 saturated carbocycles. The standard InChI is InChI=1S/C25H24BrClN2O7S/c1-34-22-12-20(25(31)36-3)21(13-23(22)35-2)28-24(30)15-29(14-16-4-6-17(26)7-5-16)37(32,33)19-10-8-18(27)9-11-19/h4-13H,14-15H2,1-3H3,(H,28,30). The molecular formula is C25H24BrClN2O7S. The van der Waals surface area contributed by atoms with Crippen LogP contribution in [0.2, 0.25) is 5.02 Å². The van der Waals surface area contributed by atoms with Gasteiger partial charge < -0.3 is 19.5 Å². The quantitative estimate of drug-likeness (QED) is 0.330. The Labute approximate surface area is 228 Å². The molecule has 0 unspecified atom stereocenters. The molecule has 0 fully saturated rings. The lowest BCUT2D eigenvalue weighted by Gasteiger charge is -2.22. The summed E-state index contributed by atoms with van der Waals surface area (Å²) < 4.78 is 44.2. The van der Waals surface area contributed by atoms with Gasteiger partial charge in [-0.05, 0) is 42.0 Å². The van der Waals surface area contributed by atoms with E-state index in [1.165, 1.54) is 57.7 Å². The molecule has 37 heavy (non-hydrogen) atoms. The topological polar surface area (TPSA) is 111 Å². The summed E-state index contributed by atoms with van der Waals surface area (Å²) in [5.41, 5.74) is 0.741. The van der Waals surface area contributed by atoms with Crippen LogP contribution < -0.4 is 14.8 Å². The molecule has 3 rings (SSSR count). The summed E-state index contributed by atoms with van der Waals surface area (Å²) >= 11 is 9.28. The van der Waals surface area contributed by atoms with E-state index in [9.17, 15) is 18.0 Å². The number of rotatable bonds is 10. The van der Waals surface area contributed by atoms with Gasteiger partial charge in [0.1, 0.15) is 0 Å². The van der Waals surface area contributed by atoms with Gasteiger partial charge in [0, 0.05) is 28.2 Å². The lowest BCUT2D eigenvalue weighted by Crippen LogP contribution is -2.37. The minimum atomic E-state index is -4.10. The van der Waals surface area contributed by atoms with Crippen LogP contribution in [0.25, 0.3) is 0 Å². The number of esters is 1. The monoisotopic (exact) mass is 610 g/mol. The Bertz CT molecular complexity index is 1380. The van der Waals surface area contributed by atoms with Crippen molar-refractivity contribution in [2.45, 2.75) is 11.4 Å². The van der Waals surface area contributed by atoms with E-state index >= 15 is 0 Å². The average molecular weight is 612 g/mol. The summed E-state index contributed by atoms with van der Waals surface area (Å²) in [6.07, 6.45) is 0. The van der Waals surface area contributed by atoms with Crippen LogP contribution in [0.4, 0.5) is 5.69 Å². The SMILES string of the molecule is COC(=O)c1cc(OC)c(OC)cc1NC(=O)CN(Cc1ccc(Br)cc1)S(=O)(=O)c1ccc(Cl)cc1. The van der Waals surface area contributed by atoms with Crippen molar-refractivity contribution in [3.05, 3.63) is 81.3 Å². The summed E-state index contributed by atoms with van der Waals surface area (Å²) in [6.45, 7) is -0.628. The molecule has 0 aromatic heterocycles. The van der Waals surface area contributed by atoms with Gasteiger partial charge in [0.15, 0.2) is 11.5 Å². The van der Waals surface area contributed by atoms with Gasteiger partial charge in [0.05, 0.1) is 44.0 Å². The largest absolute Gasteiger partial charge is 0.493 e. The van der Waals surface area contributed by atoms with Gasteiger partial charge in [0.2, 0.25) is 15.9 Å². The molecular weight excluding hydrogens is 588 g/mol. The van der Waals surface area contributed by atoms with Crippen molar-refractivity contribution in [3.8, 4) is 11.5 Å². The first-order valence-electron chi connectivity index (χ1n) is 10.7. The Hall–Kier alpha value is -3.12. The highest BCUT2D eigenvalue weighted by atomic mass is 79.9. The molecule has 1 N–H and O–H groups in total. The highest BCUT2D eigenvalue weighted by Crippen LogP contribution is 2.34. The van der Waals surface area contributed by atoms with Crippen molar-refractivity contribution in [2.24, 2.45) is 0 Å². The van der Waals surface area contributed by atoms with Crippen LogP contribution in [0.5, 0.6) is 11.5 Å². The van der Waals surface area contributed by atoms with E-state index in [-0.39, 0.29) is 34.2 Å². The molecule has 3 aromatic rings. The van der Waals surface area contributed by atoms with Crippen LogP contribution in [0.15, 0.2) is 70.0 Å². The Morgan fingerprint density at radius 1 is 0.946 bits per heavy atom. The van der Waals surface area contributed by atoms with Gasteiger partial charge in [-0.15, -0.1) is 0 Å². The molecule has 0 aliphatic heterocycles. The summed E-state index contributed by atoms with van der Waals surface area (Å²) in [5, 5.41) is 2.97. The van der Waals surface area contributed by atoms with Crippen molar-refractivity contribution in [3.63, 3.8) is 0 Å².